The number of aliphatic hydroxyl groups excluding tert-OH is 1. The molecule has 0 saturated carbocycles. The Kier molecular flexibility index (Phi) is 7.38. The number of amides is 1. The van der Waals surface area contributed by atoms with Crippen molar-refractivity contribution in [2.75, 3.05) is 25.2 Å². The molecule has 0 spiro atoms. The quantitative estimate of drug-likeness (QED) is 0.249. The van der Waals surface area contributed by atoms with Gasteiger partial charge in [-0.2, -0.15) is 0 Å². The van der Waals surface area contributed by atoms with Gasteiger partial charge in [-0.25, -0.2) is 0 Å². The van der Waals surface area contributed by atoms with E-state index in [9.17, 15) is 19.8 Å². The third-order valence-electron chi connectivity index (χ3n) is 6.08. The number of hydrogen-bond acceptors (Lipinski definition) is 7. The maximum atomic E-state index is 13.4. The number of phenols is 1. The molecule has 192 valence electrons. The van der Waals surface area contributed by atoms with Crippen LogP contribution in [0.25, 0.3) is 5.76 Å². The number of aliphatic hydroxyl groups is 1. The topological polar surface area (TPSA) is 106 Å². The molecule has 0 bridgehead atoms. The zero-order valence-electron chi connectivity index (χ0n) is 21.1. The fourth-order valence-electron chi connectivity index (χ4n) is 4.39. The summed E-state index contributed by atoms with van der Waals surface area (Å²) < 4.78 is 16.6. The van der Waals surface area contributed by atoms with Gasteiger partial charge in [-0.1, -0.05) is 12.1 Å². The summed E-state index contributed by atoms with van der Waals surface area (Å²) in [6.07, 6.45) is 0. The van der Waals surface area contributed by atoms with E-state index in [0.29, 0.717) is 41.6 Å². The molecule has 0 radical (unpaired) electrons. The standard InChI is InChI=1S/C29H29NO7/c1-5-36-20-11-8-18(9-12-20)27(32)25-26(19-10-14-23(35-4)24(16-19)37-6-2)30(29(34)28(25)33)21-15-17(3)7-13-22(21)31/h7-16,26,31-32H,5-6H2,1-4H3/b27-25-. The van der Waals surface area contributed by atoms with Crippen LogP contribution in [0.4, 0.5) is 5.69 Å². The number of benzene rings is 3. The van der Waals surface area contributed by atoms with E-state index in [2.05, 4.69) is 0 Å². The number of carbonyl (C=O) groups is 2. The summed E-state index contributed by atoms with van der Waals surface area (Å²) in [5, 5.41) is 22.0. The Balaban J connectivity index is 1.95. The Morgan fingerprint density at radius 2 is 1.62 bits per heavy atom. The molecule has 1 amide bonds. The molecule has 0 aromatic heterocycles. The number of carbonyl (C=O) groups excluding carboxylic acids is 2. The number of hydrogen-bond donors (Lipinski definition) is 2. The van der Waals surface area contributed by atoms with Crippen LogP contribution in [-0.2, 0) is 9.59 Å². The molecule has 1 fully saturated rings. The summed E-state index contributed by atoms with van der Waals surface area (Å²) in [6.45, 7) is 6.35. The number of ether oxygens (including phenoxy) is 3. The number of ketones is 1. The second-order valence-electron chi connectivity index (χ2n) is 8.46. The van der Waals surface area contributed by atoms with Crippen LogP contribution in [0.5, 0.6) is 23.0 Å². The number of rotatable bonds is 8. The van der Waals surface area contributed by atoms with Crippen LogP contribution in [0.2, 0.25) is 0 Å². The lowest BCUT2D eigenvalue weighted by Gasteiger charge is -2.27. The van der Waals surface area contributed by atoms with Crippen molar-refractivity contribution < 1.29 is 34.0 Å². The van der Waals surface area contributed by atoms with Gasteiger partial charge in [0.1, 0.15) is 17.3 Å². The van der Waals surface area contributed by atoms with Gasteiger partial charge >= 0.3 is 0 Å². The van der Waals surface area contributed by atoms with Gasteiger partial charge in [-0.15, -0.1) is 0 Å². The highest BCUT2D eigenvalue weighted by atomic mass is 16.5. The van der Waals surface area contributed by atoms with Crippen molar-refractivity contribution in [3.05, 3.63) is 82.9 Å². The Morgan fingerprint density at radius 3 is 2.27 bits per heavy atom. The Morgan fingerprint density at radius 1 is 0.919 bits per heavy atom. The van der Waals surface area contributed by atoms with Gasteiger partial charge in [0.25, 0.3) is 11.7 Å². The predicted molar refractivity (Wildman–Crippen MR) is 139 cm³/mol. The van der Waals surface area contributed by atoms with Crippen LogP contribution in [0.3, 0.4) is 0 Å². The highest BCUT2D eigenvalue weighted by Crippen LogP contribution is 2.46. The minimum Gasteiger partial charge on any atom is -0.507 e. The second-order valence-corrected chi connectivity index (χ2v) is 8.46. The fourth-order valence-corrected chi connectivity index (χ4v) is 4.39. The molecule has 1 aliphatic heterocycles. The van der Waals surface area contributed by atoms with E-state index in [1.54, 1.807) is 54.6 Å². The molecule has 4 rings (SSSR count). The van der Waals surface area contributed by atoms with Crippen molar-refractivity contribution in [2.24, 2.45) is 0 Å². The summed E-state index contributed by atoms with van der Waals surface area (Å²) in [4.78, 5) is 28.0. The SMILES string of the molecule is CCOc1ccc(/C(O)=C2/C(=O)C(=O)N(c3cc(C)ccc3O)C2c2ccc(OC)c(OCC)c2)cc1. The van der Waals surface area contributed by atoms with Crippen LogP contribution in [-0.4, -0.2) is 42.2 Å². The van der Waals surface area contributed by atoms with Crippen LogP contribution >= 0.6 is 0 Å². The minimum absolute atomic E-state index is 0.109. The van der Waals surface area contributed by atoms with Crippen LogP contribution < -0.4 is 19.1 Å². The van der Waals surface area contributed by atoms with Gasteiger partial charge in [0, 0.05) is 5.56 Å². The molecule has 1 saturated heterocycles. The van der Waals surface area contributed by atoms with Gasteiger partial charge < -0.3 is 24.4 Å². The van der Waals surface area contributed by atoms with Crippen LogP contribution in [0, 0.1) is 6.92 Å². The molecule has 3 aromatic rings. The number of phenolic OH excluding ortho intramolecular Hbond substituents is 1. The van der Waals surface area contributed by atoms with E-state index in [-0.39, 0.29) is 22.8 Å². The van der Waals surface area contributed by atoms with Gasteiger partial charge in [-0.05, 0) is 80.4 Å². The van der Waals surface area contributed by atoms with Crippen LogP contribution in [0.15, 0.2) is 66.2 Å². The van der Waals surface area contributed by atoms with E-state index in [0.717, 1.165) is 5.56 Å². The maximum absolute atomic E-state index is 13.4. The monoisotopic (exact) mass is 503 g/mol. The molecule has 3 aromatic carbocycles. The first-order valence-electron chi connectivity index (χ1n) is 11.9. The van der Waals surface area contributed by atoms with Crippen molar-refractivity contribution in [1.82, 2.24) is 0 Å². The zero-order valence-corrected chi connectivity index (χ0v) is 21.1. The summed E-state index contributed by atoms with van der Waals surface area (Å²) in [5.74, 6) is -0.738. The normalized spacial score (nSPS) is 16.6. The van der Waals surface area contributed by atoms with E-state index >= 15 is 0 Å². The second kappa shape index (κ2) is 10.7. The predicted octanol–water partition coefficient (Wildman–Crippen LogP) is 5.13. The molecular formula is C29H29NO7. The molecular weight excluding hydrogens is 474 g/mol. The first-order valence-corrected chi connectivity index (χ1v) is 11.9. The number of anilines is 1. The van der Waals surface area contributed by atoms with Crippen molar-refractivity contribution in [1.29, 1.82) is 0 Å². The Labute approximate surface area is 215 Å². The average Bonchev–Trinajstić information content (AvgIpc) is 3.16. The van der Waals surface area contributed by atoms with Crippen LogP contribution in [0.1, 0.15) is 36.6 Å². The summed E-state index contributed by atoms with van der Waals surface area (Å²) in [6, 6.07) is 15.4. The van der Waals surface area contributed by atoms with Crippen molar-refractivity contribution >= 4 is 23.1 Å². The molecule has 2 N–H and O–H groups in total. The zero-order chi connectivity index (χ0) is 26.7. The third-order valence-corrected chi connectivity index (χ3v) is 6.08. The fraction of sp³-hybridized carbons (Fsp3) is 0.241. The Hall–Kier alpha value is -4.46. The minimum atomic E-state index is -1.04. The summed E-state index contributed by atoms with van der Waals surface area (Å²) in [5.41, 5.74) is 1.68. The molecule has 0 aliphatic carbocycles. The third kappa shape index (κ3) is 4.82. The summed E-state index contributed by atoms with van der Waals surface area (Å²) >= 11 is 0. The van der Waals surface area contributed by atoms with Crippen molar-refractivity contribution in [2.45, 2.75) is 26.8 Å². The first-order chi connectivity index (χ1) is 17.8. The van der Waals surface area contributed by atoms with Gasteiger partial charge in [0.05, 0.1) is 37.6 Å². The molecule has 8 nitrogen and oxygen atoms in total. The number of aromatic hydroxyl groups is 1. The average molecular weight is 504 g/mol. The number of aryl methyl sites for hydroxylation is 1. The first kappa shape index (κ1) is 25.6. The smallest absolute Gasteiger partial charge is 0.300 e. The van der Waals surface area contributed by atoms with E-state index in [4.69, 9.17) is 14.2 Å². The lowest BCUT2D eigenvalue weighted by molar-refractivity contribution is -0.132. The largest absolute Gasteiger partial charge is 0.507 e. The molecule has 1 heterocycles. The lowest BCUT2D eigenvalue weighted by Crippen LogP contribution is -2.29. The van der Waals surface area contributed by atoms with Gasteiger partial charge in [0.15, 0.2) is 11.5 Å². The highest BCUT2D eigenvalue weighted by Gasteiger charge is 2.48. The maximum Gasteiger partial charge on any atom is 0.300 e. The highest BCUT2D eigenvalue weighted by molar-refractivity contribution is 6.52. The number of Topliss-reactive ketones (excluding diaryl/α,β-unsaturated/α-hetero) is 1. The van der Waals surface area contributed by atoms with E-state index in [1.807, 2.05) is 20.8 Å². The molecule has 8 heteroatoms. The van der Waals surface area contributed by atoms with Crippen molar-refractivity contribution in [3.8, 4) is 23.0 Å². The number of nitrogens with zero attached hydrogens (tertiary/aromatic N) is 1. The van der Waals surface area contributed by atoms with E-state index < -0.39 is 17.7 Å². The van der Waals surface area contributed by atoms with E-state index in [1.165, 1.54) is 18.1 Å². The summed E-state index contributed by atoms with van der Waals surface area (Å²) in [7, 11) is 1.51. The molecule has 37 heavy (non-hydrogen) atoms. The lowest BCUT2D eigenvalue weighted by atomic mass is 9.94. The number of methoxy groups -OCH3 is 1. The van der Waals surface area contributed by atoms with Crippen molar-refractivity contribution in [3.63, 3.8) is 0 Å². The van der Waals surface area contributed by atoms with Gasteiger partial charge in [0.2, 0.25) is 0 Å². The molecule has 1 unspecified atom stereocenters. The molecule has 1 aliphatic rings. The van der Waals surface area contributed by atoms with Gasteiger partial charge in [-0.3, -0.25) is 14.5 Å². The molecule has 1 atom stereocenters. The Bertz CT molecular complexity index is 1360.